The number of halogens is 2. The number of rotatable bonds is 2. The normalized spacial score (nSPS) is 30.6. The van der Waals surface area contributed by atoms with Crippen LogP contribution in [0.15, 0.2) is 21.9 Å². The highest BCUT2D eigenvalue weighted by Crippen LogP contribution is 2.41. The fourth-order valence-corrected chi connectivity index (χ4v) is 1.73. The highest BCUT2D eigenvalue weighted by Gasteiger charge is 2.59. The van der Waals surface area contributed by atoms with Crippen LogP contribution in [0.4, 0.5) is 8.78 Å². The molecule has 0 amide bonds. The fraction of sp³-hybridized carbons (Fsp3) is 0.556. The molecule has 0 bridgehead atoms. The topological polar surface area (TPSA) is 105 Å². The molecule has 0 aromatic carbocycles. The zero-order chi connectivity index (χ0) is 13.5. The first kappa shape index (κ1) is 12.9. The molecule has 1 saturated heterocycles. The van der Waals surface area contributed by atoms with Crippen molar-refractivity contribution in [2.75, 3.05) is 6.61 Å². The predicted molar refractivity (Wildman–Crippen MR) is 53.3 cm³/mol. The van der Waals surface area contributed by atoms with Gasteiger partial charge in [-0.05, 0) is 0 Å². The highest BCUT2D eigenvalue weighted by molar-refractivity contribution is 4.97. The van der Waals surface area contributed by atoms with Crippen LogP contribution in [0.5, 0.6) is 0 Å². The van der Waals surface area contributed by atoms with Crippen LogP contribution in [0.3, 0.4) is 0 Å². The second-order valence-electron chi connectivity index (χ2n) is 3.85. The van der Waals surface area contributed by atoms with E-state index in [-0.39, 0.29) is 0 Å². The summed E-state index contributed by atoms with van der Waals surface area (Å²) in [6, 6.07) is 0.874. The van der Waals surface area contributed by atoms with Gasteiger partial charge in [-0.1, -0.05) is 0 Å². The van der Waals surface area contributed by atoms with Gasteiger partial charge in [0.25, 0.3) is 5.56 Å². The molecule has 100 valence electrons. The molecule has 3 N–H and O–H groups in total. The maximum atomic E-state index is 13.7. The van der Waals surface area contributed by atoms with Crippen molar-refractivity contribution in [1.82, 2.24) is 9.55 Å². The van der Waals surface area contributed by atoms with Crippen LogP contribution < -0.4 is 11.2 Å². The zero-order valence-corrected chi connectivity index (χ0v) is 8.92. The summed E-state index contributed by atoms with van der Waals surface area (Å²) in [4.78, 5) is 24.0. The third-order valence-corrected chi connectivity index (χ3v) is 2.66. The van der Waals surface area contributed by atoms with Gasteiger partial charge in [0.1, 0.15) is 6.10 Å². The Labute approximate surface area is 98.3 Å². The monoisotopic (exact) mass is 264 g/mol. The van der Waals surface area contributed by atoms with Crippen molar-refractivity contribution >= 4 is 0 Å². The first-order valence-electron chi connectivity index (χ1n) is 5.01. The number of H-pyrrole nitrogens is 1. The maximum absolute atomic E-state index is 13.7. The Kier molecular flexibility index (Phi) is 3.05. The molecule has 1 aliphatic heterocycles. The molecule has 0 aliphatic carbocycles. The summed E-state index contributed by atoms with van der Waals surface area (Å²) in [6.45, 7) is -0.814. The van der Waals surface area contributed by atoms with E-state index in [2.05, 4.69) is 0 Å². The molecule has 7 nitrogen and oxygen atoms in total. The number of nitrogens with zero attached hydrogens (tertiary/aromatic N) is 1. The number of aromatic amines is 1. The van der Waals surface area contributed by atoms with Gasteiger partial charge in [0.2, 0.25) is 6.23 Å². The van der Waals surface area contributed by atoms with Crippen LogP contribution in [0.2, 0.25) is 0 Å². The highest BCUT2D eigenvalue weighted by atomic mass is 19.3. The van der Waals surface area contributed by atoms with Gasteiger partial charge < -0.3 is 14.9 Å². The second kappa shape index (κ2) is 4.26. The summed E-state index contributed by atoms with van der Waals surface area (Å²) in [5.74, 6) is -3.75. The largest absolute Gasteiger partial charge is 0.394 e. The van der Waals surface area contributed by atoms with E-state index in [4.69, 9.17) is 9.84 Å². The Morgan fingerprint density at radius 3 is 2.67 bits per heavy atom. The number of alkyl halides is 2. The minimum absolute atomic E-state index is 0.459. The molecule has 1 unspecified atom stereocenters. The minimum atomic E-state index is -3.75. The van der Waals surface area contributed by atoms with Crippen LogP contribution in [-0.2, 0) is 4.74 Å². The molecular formula is C9H10F2N2O5. The molecule has 2 rings (SSSR count). The van der Waals surface area contributed by atoms with Gasteiger partial charge >= 0.3 is 11.6 Å². The van der Waals surface area contributed by atoms with Crippen molar-refractivity contribution in [3.8, 4) is 0 Å². The first-order chi connectivity index (χ1) is 8.37. The van der Waals surface area contributed by atoms with Crippen molar-refractivity contribution in [2.24, 2.45) is 0 Å². The van der Waals surface area contributed by atoms with Gasteiger partial charge in [0, 0.05) is 12.3 Å². The smallest absolute Gasteiger partial charge is 0.330 e. The lowest BCUT2D eigenvalue weighted by Gasteiger charge is -2.20. The van der Waals surface area contributed by atoms with E-state index in [0.717, 1.165) is 12.3 Å². The average Bonchev–Trinajstić information content (AvgIpc) is 2.52. The fourth-order valence-electron chi connectivity index (χ4n) is 1.73. The molecule has 1 aromatic rings. The molecule has 0 saturated carbocycles. The molecule has 3 atom stereocenters. The lowest BCUT2D eigenvalue weighted by molar-refractivity contribution is -0.141. The number of hydrogen-bond acceptors (Lipinski definition) is 5. The Hall–Kier alpha value is -1.58. The van der Waals surface area contributed by atoms with E-state index in [0.29, 0.717) is 4.57 Å². The van der Waals surface area contributed by atoms with Crippen molar-refractivity contribution in [1.29, 1.82) is 0 Å². The van der Waals surface area contributed by atoms with E-state index >= 15 is 0 Å². The van der Waals surface area contributed by atoms with Crippen LogP contribution in [0.1, 0.15) is 6.23 Å². The quantitative estimate of drug-likeness (QED) is 0.598. The van der Waals surface area contributed by atoms with Crippen molar-refractivity contribution in [3.05, 3.63) is 33.1 Å². The summed E-state index contributed by atoms with van der Waals surface area (Å²) in [5, 5.41) is 18.1. The molecule has 2 heterocycles. The van der Waals surface area contributed by atoms with Crippen molar-refractivity contribution in [3.63, 3.8) is 0 Å². The lowest BCUT2D eigenvalue weighted by Crippen LogP contribution is -2.42. The lowest BCUT2D eigenvalue weighted by atomic mass is 10.1. The van der Waals surface area contributed by atoms with Crippen LogP contribution in [0.25, 0.3) is 0 Å². The Bertz CT molecular complexity index is 554. The third kappa shape index (κ3) is 1.85. The number of aromatic nitrogens is 2. The molecule has 0 radical (unpaired) electrons. The number of aliphatic hydroxyl groups excluding tert-OH is 2. The average molecular weight is 264 g/mol. The third-order valence-electron chi connectivity index (χ3n) is 2.66. The molecule has 0 spiro atoms. The van der Waals surface area contributed by atoms with Gasteiger partial charge in [-0.25, -0.2) is 4.79 Å². The van der Waals surface area contributed by atoms with E-state index in [1.165, 1.54) is 0 Å². The molecule has 18 heavy (non-hydrogen) atoms. The first-order valence-corrected chi connectivity index (χ1v) is 5.01. The van der Waals surface area contributed by atoms with E-state index in [1.54, 1.807) is 4.98 Å². The predicted octanol–water partition coefficient (Wildman–Crippen LogP) is -1.58. The van der Waals surface area contributed by atoms with Crippen LogP contribution in [0, 0.1) is 0 Å². The summed E-state index contributed by atoms with van der Waals surface area (Å²) < 4.78 is 32.5. The molecule has 9 heteroatoms. The van der Waals surface area contributed by atoms with Gasteiger partial charge in [0.05, 0.1) is 6.61 Å². The molecule has 1 aromatic heterocycles. The molecule has 1 aliphatic rings. The zero-order valence-electron chi connectivity index (χ0n) is 8.92. The Morgan fingerprint density at radius 2 is 2.17 bits per heavy atom. The van der Waals surface area contributed by atoms with Crippen molar-refractivity contribution in [2.45, 2.75) is 24.4 Å². The maximum Gasteiger partial charge on any atom is 0.330 e. The van der Waals surface area contributed by atoms with Crippen LogP contribution >= 0.6 is 0 Å². The van der Waals surface area contributed by atoms with Gasteiger partial charge in [-0.3, -0.25) is 14.3 Å². The van der Waals surface area contributed by atoms with E-state index in [9.17, 15) is 23.5 Å². The van der Waals surface area contributed by atoms with Gasteiger partial charge in [-0.15, -0.1) is 0 Å². The number of hydrogen-bond donors (Lipinski definition) is 3. The standard InChI is InChI=1S/C9H10F2N2O5/c10-9(11)6(16)4(3-14)18-7(9)13-2-1-5(15)12-8(13)17/h1-2,4,6-7,14,16H,3H2,(H,12,15,17)/t4-,6-,7?/m1/s1. The van der Waals surface area contributed by atoms with Crippen molar-refractivity contribution < 1.29 is 23.7 Å². The summed E-state index contributed by atoms with van der Waals surface area (Å²) in [5.41, 5.74) is -1.82. The summed E-state index contributed by atoms with van der Waals surface area (Å²) in [6.07, 6.45) is -4.96. The molecular weight excluding hydrogens is 254 g/mol. The summed E-state index contributed by atoms with van der Waals surface area (Å²) in [7, 11) is 0. The Morgan fingerprint density at radius 1 is 1.50 bits per heavy atom. The minimum Gasteiger partial charge on any atom is -0.394 e. The summed E-state index contributed by atoms with van der Waals surface area (Å²) >= 11 is 0. The van der Waals surface area contributed by atoms with Gasteiger partial charge in [0.15, 0.2) is 6.10 Å². The second-order valence-corrected chi connectivity index (χ2v) is 3.85. The number of nitrogens with one attached hydrogen (secondary N) is 1. The molecule has 1 fully saturated rings. The van der Waals surface area contributed by atoms with Gasteiger partial charge in [-0.2, -0.15) is 8.78 Å². The van der Waals surface area contributed by atoms with E-state index in [1.807, 2.05) is 0 Å². The number of aliphatic hydroxyl groups is 2. The number of ether oxygens (including phenoxy) is 1. The SMILES string of the molecule is O=c1ccn(C2O[C@H](CO)[C@@H](O)C2(F)F)c(=O)[nH]1. The van der Waals surface area contributed by atoms with E-state index < -0.39 is 42.2 Å². The van der Waals surface area contributed by atoms with Crippen LogP contribution in [-0.4, -0.2) is 44.5 Å². The Balaban J connectivity index is 2.45.